The van der Waals surface area contributed by atoms with Crippen molar-refractivity contribution in [1.82, 2.24) is 10.6 Å². The van der Waals surface area contributed by atoms with Gasteiger partial charge in [0, 0.05) is 12.6 Å². The third kappa shape index (κ3) is 7.28. The lowest BCUT2D eigenvalue weighted by Crippen LogP contribution is -2.29. The molecule has 0 saturated carbocycles. The topological polar surface area (TPSA) is 74.2 Å². The van der Waals surface area contributed by atoms with Gasteiger partial charge in [0.25, 0.3) is 5.91 Å². The van der Waals surface area contributed by atoms with Crippen molar-refractivity contribution in [3.05, 3.63) is 29.6 Å². The summed E-state index contributed by atoms with van der Waals surface area (Å²) in [5.41, 5.74) is 0.753. The number of hydrogen-bond donors (Lipinski definition) is 2. The lowest BCUT2D eigenvalue weighted by Gasteiger charge is -2.10. The first-order valence-electron chi connectivity index (χ1n) is 6.78. The number of nitrogens with zero attached hydrogens (tertiary/aromatic N) is 1. The lowest BCUT2D eigenvalue weighted by molar-refractivity contribution is -0.122. The largest absolute Gasteiger partial charge is 0.484 e. The molecule has 0 saturated heterocycles. The van der Waals surface area contributed by atoms with Gasteiger partial charge in [-0.3, -0.25) is 4.79 Å². The second kappa shape index (κ2) is 8.93. The summed E-state index contributed by atoms with van der Waals surface area (Å²) >= 11 is 0. The Labute approximate surface area is 124 Å². The Morgan fingerprint density at radius 2 is 2.19 bits per heavy atom. The molecule has 6 heteroatoms. The molecular weight excluding hydrogens is 273 g/mol. The molecule has 21 heavy (non-hydrogen) atoms. The van der Waals surface area contributed by atoms with Gasteiger partial charge in [0.2, 0.25) is 0 Å². The van der Waals surface area contributed by atoms with Gasteiger partial charge in [0.1, 0.15) is 18.1 Å². The van der Waals surface area contributed by atoms with Gasteiger partial charge in [-0.25, -0.2) is 4.39 Å². The number of amides is 1. The summed E-state index contributed by atoms with van der Waals surface area (Å²) in [6.07, 6.45) is 0. The molecule has 114 valence electrons. The summed E-state index contributed by atoms with van der Waals surface area (Å²) < 4.78 is 18.7. The quantitative estimate of drug-likeness (QED) is 0.714. The molecule has 1 aromatic carbocycles. The number of carbonyl (C=O) groups is 1. The molecule has 0 aliphatic carbocycles. The number of benzene rings is 1. The van der Waals surface area contributed by atoms with Crippen LogP contribution in [0.5, 0.6) is 5.75 Å². The van der Waals surface area contributed by atoms with Crippen molar-refractivity contribution < 1.29 is 13.9 Å². The van der Waals surface area contributed by atoms with E-state index in [0.29, 0.717) is 18.2 Å². The molecule has 0 aromatic heterocycles. The van der Waals surface area contributed by atoms with Gasteiger partial charge in [-0.15, -0.1) is 0 Å². The van der Waals surface area contributed by atoms with E-state index >= 15 is 0 Å². The summed E-state index contributed by atoms with van der Waals surface area (Å²) in [4.78, 5) is 11.3. The highest BCUT2D eigenvalue weighted by Crippen LogP contribution is 2.16. The number of nitrogens with one attached hydrogen (secondary N) is 2. The maximum absolute atomic E-state index is 13.5. The van der Waals surface area contributed by atoms with Crippen molar-refractivity contribution in [1.29, 1.82) is 5.26 Å². The van der Waals surface area contributed by atoms with Crippen LogP contribution in [0.1, 0.15) is 19.4 Å². The van der Waals surface area contributed by atoms with Crippen molar-refractivity contribution in [3.8, 4) is 11.8 Å². The van der Waals surface area contributed by atoms with Crippen molar-refractivity contribution in [2.45, 2.75) is 20.4 Å². The maximum atomic E-state index is 13.5. The molecule has 0 bridgehead atoms. The van der Waals surface area contributed by atoms with Gasteiger partial charge < -0.3 is 15.4 Å². The molecule has 0 atom stereocenters. The molecule has 0 fully saturated rings. The minimum absolute atomic E-state index is 0.0737. The normalized spacial score (nSPS) is 10.2. The molecule has 1 amide bonds. The van der Waals surface area contributed by atoms with Crippen molar-refractivity contribution in [2.24, 2.45) is 5.92 Å². The van der Waals surface area contributed by atoms with Crippen LogP contribution in [0.3, 0.4) is 0 Å². The van der Waals surface area contributed by atoms with E-state index in [1.54, 1.807) is 12.1 Å². The fourth-order valence-corrected chi connectivity index (χ4v) is 1.65. The second-order valence-electron chi connectivity index (χ2n) is 5.04. The Morgan fingerprint density at radius 1 is 1.43 bits per heavy atom. The van der Waals surface area contributed by atoms with Gasteiger partial charge in [-0.1, -0.05) is 13.8 Å². The molecule has 5 nitrogen and oxygen atoms in total. The smallest absolute Gasteiger partial charge is 0.258 e. The zero-order valence-electron chi connectivity index (χ0n) is 12.3. The molecule has 1 aromatic rings. The van der Waals surface area contributed by atoms with Crippen LogP contribution in [0.15, 0.2) is 18.2 Å². The standard InChI is InChI=1S/C15H20FN3O2/c1-11(2)8-18-9-12-5-13(16)7-14(6-12)21-10-15(20)19-4-3-17/h5-7,11,18H,4,8-10H2,1-2H3,(H,19,20). The first-order valence-corrected chi connectivity index (χ1v) is 6.78. The van der Waals surface area contributed by atoms with E-state index < -0.39 is 11.7 Å². The minimum atomic E-state index is -0.416. The molecular formula is C15H20FN3O2. The highest BCUT2D eigenvalue weighted by Gasteiger charge is 2.05. The number of rotatable bonds is 8. The van der Waals surface area contributed by atoms with Gasteiger partial charge in [0.15, 0.2) is 6.61 Å². The monoisotopic (exact) mass is 293 g/mol. The lowest BCUT2D eigenvalue weighted by atomic mass is 10.2. The SMILES string of the molecule is CC(C)CNCc1cc(F)cc(OCC(=O)NCC#N)c1. The minimum Gasteiger partial charge on any atom is -0.484 e. The molecule has 0 aliphatic rings. The highest BCUT2D eigenvalue weighted by atomic mass is 19.1. The van der Waals surface area contributed by atoms with Gasteiger partial charge in [0.05, 0.1) is 6.07 Å². The molecule has 2 N–H and O–H groups in total. The molecule has 0 heterocycles. The molecule has 0 spiro atoms. The Morgan fingerprint density at radius 3 is 2.86 bits per heavy atom. The fourth-order valence-electron chi connectivity index (χ4n) is 1.65. The molecule has 0 aliphatic heterocycles. The zero-order valence-corrected chi connectivity index (χ0v) is 12.3. The third-order valence-corrected chi connectivity index (χ3v) is 2.55. The van der Waals surface area contributed by atoms with Gasteiger partial charge in [-0.05, 0) is 30.2 Å². The first kappa shape index (κ1) is 16.9. The average Bonchev–Trinajstić information content (AvgIpc) is 2.42. The highest BCUT2D eigenvalue weighted by molar-refractivity contribution is 5.77. The molecule has 1 rings (SSSR count). The van der Waals surface area contributed by atoms with Crippen LogP contribution < -0.4 is 15.4 Å². The Hall–Kier alpha value is -2.13. The maximum Gasteiger partial charge on any atom is 0.258 e. The predicted octanol–water partition coefficient (Wildman–Crippen LogP) is 1.59. The van der Waals surface area contributed by atoms with Crippen LogP contribution in [0, 0.1) is 23.1 Å². The van der Waals surface area contributed by atoms with E-state index in [1.807, 2.05) is 0 Å². The summed E-state index contributed by atoms with van der Waals surface area (Å²) in [5, 5.41) is 13.9. The molecule has 0 radical (unpaired) electrons. The average molecular weight is 293 g/mol. The number of nitriles is 1. The van der Waals surface area contributed by atoms with Crippen LogP contribution in [-0.4, -0.2) is 25.6 Å². The molecule has 0 unspecified atom stereocenters. The van der Waals surface area contributed by atoms with Crippen LogP contribution in [0.4, 0.5) is 4.39 Å². The second-order valence-corrected chi connectivity index (χ2v) is 5.04. The van der Waals surface area contributed by atoms with E-state index in [4.69, 9.17) is 10.00 Å². The van der Waals surface area contributed by atoms with Crippen molar-refractivity contribution in [2.75, 3.05) is 19.7 Å². The van der Waals surface area contributed by atoms with E-state index in [1.165, 1.54) is 12.1 Å². The summed E-state index contributed by atoms with van der Waals surface area (Å²) in [7, 11) is 0. The van der Waals surface area contributed by atoms with Gasteiger partial charge >= 0.3 is 0 Å². The zero-order chi connectivity index (χ0) is 15.7. The van der Waals surface area contributed by atoms with Crippen LogP contribution in [-0.2, 0) is 11.3 Å². The third-order valence-electron chi connectivity index (χ3n) is 2.55. The van der Waals surface area contributed by atoms with E-state index in [9.17, 15) is 9.18 Å². The van der Waals surface area contributed by atoms with E-state index in [-0.39, 0.29) is 13.2 Å². The Bertz CT molecular complexity index is 512. The van der Waals surface area contributed by atoms with Crippen LogP contribution in [0.25, 0.3) is 0 Å². The van der Waals surface area contributed by atoms with Crippen molar-refractivity contribution in [3.63, 3.8) is 0 Å². The van der Waals surface area contributed by atoms with Crippen LogP contribution >= 0.6 is 0 Å². The van der Waals surface area contributed by atoms with E-state index in [0.717, 1.165) is 12.1 Å². The van der Waals surface area contributed by atoms with Crippen molar-refractivity contribution >= 4 is 5.91 Å². The Kier molecular flexibility index (Phi) is 7.19. The van der Waals surface area contributed by atoms with Gasteiger partial charge in [-0.2, -0.15) is 5.26 Å². The fraction of sp³-hybridized carbons (Fsp3) is 0.467. The Balaban J connectivity index is 2.52. The number of halogens is 1. The predicted molar refractivity (Wildman–Crippen MR) is 77.1 cm³/mol. The van der Waals surface area contributed by atoms with Crippen LogP contribution in [0.2, 0.25) is 0 Å². The number of ether oxygens (including phenoxy) is 1. The number of carbonyl (C=O) groups excluding carboxylic acids is 1. The summed E-state index contributed by atoms with van der Waals surface area (Å²) in [6, 6.07) is 6.13. The first-order chi connectivity index (χ1) is 10.0. The summed E-state index contributed by atoms with van der Waals surface area (Å²) in [5.74, 6) is -0.0202. The number of hydrogen-bond acceptors (Lipinski definition) is 4. The van der Waals surface area contributed by atoms with E-state index in [2.05, 4.69) is 24.5 Å². The summed E-state index contributed by atoms with van der Waals surface area (Å²) in [6.45, 7) is 5.23.